The molecule has 2 aromatic rings. The normalized spacial score (nSPS) is 11.7. The Morgan fingerprint density at radius 3 is 2.25 bits per heavy atom. The number of hydrazone groups is 1. The highest BCUT2D eigenvalue weighted by Gasteiger charge is 2.11. The second-order valence-corrected chi connectivity index (χ2v) is 6.87. The fraction of sp³-hybridized carbons (Fsp3) is 0. The molecule has 0 atom stereocenters. The van der Waals surface area contributed by atoms with Crippen molar-refractivity contribution in [3.8, 4) is 0 Å². The number of hydrogen-bond acceptors (Lipinski definition) is 3. The predicted octanol–water partition coefficient (Wildman–Crippen LogP) is 3.41. The molecular weight excluding hydrogens is 364 g/mol. The number of hydrogen-bond donors (Lipinski definition) is 1. The van der Waals surface area contributed by atoms with Crippen molar-refractivity contribution in [3.05, 3.63) is 63.6 Å². The van der Waals surface area contributed by atoms with Gasteiger partial charge in [-0.3, -0.25) is 0 Å². The topological polar surface area (TPSA) is 58.5 Å². The van der Waals surface area contributed by atoms with Gasteiger partial charge < -0.3 is 0 Å². The van der Waals surface area contributed by atoms with Gasteiger partial charge in [0.25, 0.3) is 10.0 Å². The molecule has 0 spiro atoms. The van der Waals surface area contributed by atoms with Crippen LogP contribution in [0.5, 0.6) is 0 Å². The fourth-order valence-corrected chi connectivity index (χ4v) is 2.57. The molecule has 0 aliphatic heterocycles. The summed E-state index contributed by atoms with van der Waals surface area (Å²) >= 11 is 9.03. The minimum Gasteiger partial charge on any atom is -0.200 e. The summed E-state index contributed by atoms with van der Waals surface area (Å²) < 4.78 is 24.8. The maximum Gasteiger partial charge on any atom is 0.276 e. The molecule has 1 N–H and O–H groups in total. The van der Waals surface area contributed by atoms with Crippen LogP contribution in [0.15, 0.2) is 63.0 Å². The minimum atomic E-state index is -3.67. The molecule has 0 saturated carbocycles. The maximum absolute atomic E-state index is 11.9. The van der Waals surface area contributed by atoms with Gasteiger partial charge in [-0.2, -0.15) is 13.5 Å². The first kappa shape index (κ1) is 15.0. The average Bonchev–Trinajstić information content (AvgIpc) is 2.41. The Kier molecular flexibility index (Phi) is 4.80. The molecule has 0 fully saturated rings. The van der Waals surface area contributed by atoms with Crippen molar-refractivity contribution in [1.82, 2.24) is 4.83 Å². The Hall–Kier alpha value is -1.37. The summed E-state index contributed by atoms with van der Waals surface area (Å²) in [5.41, 5.74) is 0.784. The molecule has 2 aromatic carbocycles. The average molecular weight is 374 g/mol. The van der Waals surface area contributed by atoms with Gasteiger partial charge in [-0.1, -0.05) is 39.7 Å². The van der Waals surface area contributed by atoms with Gasteiger partial charge in [0.15, 0.2) is 0 Å². The Labute approximate surface area is 130 Å². The van der Waals surface area contributed by atoms with Gasteiger partial charge in [-0.15, -0.1) is 0 Å². The van der Waals surface area contributed by atoms with Crippen LogP contribution in [0.3, 0.4) is 0 Å². The van der Waals surface area contributed by atoms with Crippen LogP contribution in [-0.2, 0) is 10.0 Å². The van der Waals surface area contributed by atoms with Crippen LogP contribution >= 0.6 is 27.5 Å². The molecule has 0 bridgehead atoms. The summed E-state index contributed by atoms with van der Waals surface area (Å²) in [5, 5.41) is 4.20. The van der Waals surface area contributed by atoms with E-state index in [0.717, 1.165) is 10.0 Å². The van der Waals surface area contributed by atoms with Crippen molar-refractivity contribution in [2.24, 2.45) is 5.10 Å². The third-order valence-electron chi connectivity index (χ3n) is 2.38. The summed E-state index contributed by atoms with van der Waals surface area (Å²) in [6, 6.07) is 13.2. The van der Waals surface area contributed by atoms with Crippen LogP contribution < -0.4 is 4.83 Å². The molecule has 0 aliphatic rings. The number of nitrogens with one attached hydrogen (secondary N) is 1. The van der Waals surface area contributed by atoms with E-state index in [-0.39, 0.29) is 4.90 Å². The zero-order chi connectivity index (χ0) is 14.6. The van der Waals surface area contributed by atoms with Crippen LogP contribution in [0.25, 0.3) is 0 Å². The number of sulfonamides is 1. The Bertz CT molecular complexity index is 713. The van der Waals surface area contributed by atoms with Crippen molar-refractivity contribution in [2.45, 2.75) is 4.90 Å². The second-order valence-electron chi connectivity index (χ2n) is 3.86. The number of nitrogens with zero attached hydrogens (tertiary/aromatic N) is 1. The first-order chi connectivity index (χ1) is 9.47. The van der Waals surface area contributed by atoms with E-state index in [0.29, 0.717) is 5.02 Å². The van der Waals surface area contributed by atoms with Gasteiger partial charge in [0.1, 0.15) is 0 Å². The first-order valence-electron chi connectivity index (χ1n) is 5.53. The number of rotatable bonds is 4. The van der Waals surface area contributed by atoms with Crippen LogP contribution in [0.4, 0.5) is 0 Å². The van der Waals surface area contributed by atoms with Crippen LogP contribution in [0, 0.1) is 0 Å². The standard InChI is InChI=1S/C13H10BrClN2O2S/c14-11-3-1-10(2-4-11)9-16-17-20(18,19)13-7-5-12(15)6-8-13/h1-9,17H/b16-9-. The smallest absolute Gasteiger partial charge is 0.200 e. The van der Waals surface area contributed by atoms with E-state index in [2.05, 4.69) is 25.9 Å². The summed E-state index contributed by atoms with van der Waals surface area (Å²) in [5.74, 6) is 0. The first-order valence-corrected chi connectivity index (χ1v) is 8.19. The minimum absolute atomic E-state index is 0.106. The van der Waals surface area contributed by atoms with Crippen LogP contribution in [0.1, 0.15) is 5.56 Å². The van der Waals surface area contributed by atoms with E-state index in [1.54, 1.807) is 0 Å². The largest absolute Gasteiger partial charge is 0.276 e. The monoisotopic (exact) mass is 372 g/mol. The molecule has 0 radical (unpaired) electrons. The molecule has 0 unspecified atom stereocenters. The Morgan fingerprint density at radius 1 is 1.05 bits per heavy atom. The number of halogens is 2. The Morgan fingerprint density at radius 2 is 1.65 bits per heavy atom. The van der Waals surface area contributed by atoms with Crippen molar-refractivity contribution >= 4 is 43.8 Å². The quantitative estimate of drug-likeness (QED) is 0.659. The highest BCUT2D eigenvalue weighted by molar-refractivity contribution is 9.10. The SMILES string of the molecule is O=S(=O)(N/N=C\c1ccc(Br)cc1)c1ccc(Cl)cc1. The molecule has 0 saturated heterocycles. The molecule has 0 amide bonds. The van der Waals surface area contributed by atoms with Gasteiger partial charge in [-0.05, 0) is 42.0 Å². The molecular formula is C13H10BrClN2O2S. The van der Waals surface area contributed by atoms with Gasteiger partial charge >= 0.3 is 0 Å². The van der Waals surface area contributed by atoms with E-state index < -0.39 is 10.0 Å². The second kappa shape index (κ2) is 6.39. The van der Waals surface area contributed by atoms with E-state index in [1.165, 1.54) is 30.5 Å². The van der Waals surface area contributed by atoms with E-state index in [4.69, 9.17) is 11.6 Å². The van der Waals surface area contributed by atoms with E-state index in [1.807, 2.05) is 24.3 Å². The molecule has 0 heterocycles. The zero-order valence-corrected chi connectivity index (χ0v) is 13.3. The summed E-state index contributed by atoms with van der Waals surface area (Å²) in [6.45, 7) is 0. The van der Waals surface area contributed by atoms with Gasteiger partial charge in [-0.25, -0.2) is 4.83 Å². The zero-order valence-electron chi connectivity index (χ0n) is 10.1. The molecule has 0 aromatic heterocycles. The Balaban J connectivity index is 2.09. The summed E-state index contributed by atoms with van der Waals surface area (Å²) in [4.78, 5) is 2.25. The maximum atomic E-state index is 11.9. The molecule has 20 heavy (non-hydrogen) atoms. The fourth-order valence-electron chi connectivity index (χ4n) is 1.39. The molecule has 0 aliphatic carbocycles. The van der Waals surface area contributed by atoms with Crippen LogP contribution in [0.2, 0.25) is 5.02 Å². The lowest BCUT2D eigenvalue weighted by molar-refractivity contribution is 0.584. The predicted molar refractivity (Wildman–Crippen MR) is 83.5 cm³/mol. The van der Waals surface area contributed by atoms with Gasteiger partial charge in [0.2, 0.25) is 0 Å². The van der Waals surface area contributed by atoms with Crippen molar-refractivity contribution in [3.63, 3.8) is 0 Å². The molecule has 7 heteroatoms. The van der Waals surface area contributed by atoms with Crippen molar-refractivity contribution in [1.29, 1.82) is 0 Å². The lowest BCUT2D eigenvalue weighted by atomic mass is 10.2. The van der Waals surface area contributed by atoms with E-state index in [9.17, 15) is 8.42 Å². The molecule has 2 rings (SSSR count). The number of benzene rings is 2. The lowest BCUT2D eigenvalue weighted by Gasteiger charge is -2.03. The van der Waals surface area contributed by atoms with Gasteiger partial charge in [0, 0.05) is 9.50 Å². The van der Waals surface area contributed by atoms with Crippen molar-refractivity contribution in [2.75, 3.05) is 0 Å². The molecule has 104 valence electrons. The lowest BCUT2D eigenvalue weighted by Crippen LogP contribution is -2.18. The third-order valence-corrected chi connectivity index (χ3v) is 4.40. The highest BCUT2D eigenvalue weighted by atomic mass is 79.9. The van der Waals surface area contributed by atoms with E-state index >= 15 is 0 Å². The van der Waals surface area contributed by atoms with Crippen LogP contribution in [-0.4, -0.2) is 14.6 Å². The van der Waals surface area contributed by atoms with Gasteiger partial charge in [0.05, 0.1) is 11.1 Å². The summed E-state index contributed by atoms with van der Waals surface area (Å²) in [7, 11) is -3.67. The summed E-state index contributed by atoms with van der Waals surface area (Å²) in [6.07, 6.45) is 1.43. The molecule has 4 nitrogen and oxygen atoms in total. The van der Waals surface area contributed by atoms with Crippen molar-refractivity contribution < 1.29 is 8.42 Å². The highest BCUT2D eigenvalue weighted by Crippen LogP contribution is 2.13. The third kappa shape index (κ3) is 4.06.